The van der Waals surface area contributed by atoms with Gasteiger partial charge in [0.15, 0.2) is 0 Å². The fourth-order valence-corrected chi connectivity index (χ4v) is 1.84. The van der Waals surface area contributed by atoms with Crippen LogP contribution in [0.4, 0.5) is 4.39 Å². The summed E-state index contributed by atoms with van der Waals surface area (Å²) in [6.45, 7) is 3.17. The summed E-state index contributed by atoms with van der Waals surface area (Å²) in [6.07, 6.45) is 0. The first-order valence-corrected chi connectivity index (χ1v) is 6.27. The molecule has 0 bridgehead atoms. The molecule has 3 heteroatoms. The predicted molar refractivity (Wildman–Crippen MR) is 74.7 cm³/mol. The van der Waals surface area contributed by atoms with Gasteiger partial charge in [0.25, 0.3) is 0 Å². The van der Waals surface area contributed by atoms with Crippen LogP contribution in [0.5, 0.6) is 5.75 Å². The molecule has 0 unspecified atom stereocenters. The summed E-state index contributed by atoms with van der Waals surface area (Å²) in [7, 11) is 1.65. The third-order valence-electron chi connectivity index (χ3n) is 3.05. The number of benzene rings is 2. The van der Waals surface area contributed by atoms with Crippen molar-refractivity contribution in [2.75, 3.05) is 7.11 Å². The molecule has 0 fully saturated rings. The van der Waals surface area contributed by atoms with E-state index < -0.39 is 0 Å². The van der Waals surface area contributed by atoms with E-state index in [1.165, 1.54) is 5.56 Å². The van der Waals surface area contributed by atoms with E-state index in [1.807, 2.05) is 30.3 Å². The van der Waals surface area contributed by atoms with Crippen LogP contribution < -0.4 is 10.1 Å². The zero-order valence-corrected chi connectivity index (χ0v) is 11.2. The second-order valence-electron chi connectivity index (χ2n) is 4.54. The molecule has 2 aromatic rings. The fourth-order valence-electron chi connectivity index (χ4n) is 1.84. The second kappa shape index (κ2) is 6.34. The molecular formula is C16H18FNO. The van der Waals surface area contributed by atoms with E-state index >= 15 is 0 Å². The summed E-state index contributed by atoms with van der Waals surface area (Å²) in [5.74, 6) is 0.702. The molecule has 0 saturated carbocycles. The van der Waals surface area contributed by atoms with Crippen molar-refractivity contribution in [2.24, 2.45) is 0 Å². The Morgan fingerprint density at radius 2 is 1.63 bits per heavy atom. The molecule has 0 spiro atoms. The molecule has 0 saturated heterocycles. The Bertz CT molecular complexity index is 537. The van der Waals surface area contributed by atoms with E-state index in [4.69, 9.17) is 4.74 Å². The maximum absolute atomic E-state index is 13.4. The minimum atomic E-state index is -0.149. The summed E-state index contributed by atoms with van der Waals surface area (Å²) in [6, 6.07) is 13.2. The minimum Gasteiger partial charge on any atom is -0.497 e. The number of methoxy groups -OCH3 is 1. The first-order valence-electron chi connectivity index (χ1n) is 6.27. The number of aryl methyl sites for hydroxylation is 1. The highest BCUT2D eigenvalue weighted by molar-refractivity contribution is 5.27. The molecule has 1 N–H and O–H groups in total. The zero-order valence-electron chi connectivity index (χ0n) is 11.2. The van der Waals surface area contributed by atoms with Gasteiger partial charge < -0.3 is 10.1 Å². The van der Waals surface area contributed by atoms with Gasteiger partial charge in [0.05, 0.1) is 7.11 Å². The largest absolute Gasteiger partial charge is 0.497 e. The molecule has 0 aliphatic heterocycles. The highest BCUT2D eigenvalue weighted by Crippen LogP contribution is 2.12. The van der Waals surface area contributed by atoms with Crippen LogP contribution in [-0.4, -0.2) is 7.11 Å². The van der Waals surface area contributed by atoms with Gasteiger partial charge in [0.2, 0.25) is 0 Å². The molecule has 0 aliphatic carbocycles. The lowest BCUT2D eigenvalue weighted by Gasteiger charge is -2.07. The Labute approximate surface area is 113 Å². The zero-order chi connectivity index (χ0) is 13.7. The summed E-state index contributed by atoms with van der Waals surface area (Å²) in [4.78, 5) is 0. The van der Waals surface area contributed by atoms with Gasteiger partial charge >= 0.3 is 0 Å². The molecule has 0 amide bonds. The number of hydrogen-bond acceptors (Lipinski definition) is 2. The van der Waals surface area contributed by atoms with Crippen molar-refractivity contribution in [2.45, 2.75) is 20.0 Å². The molecule has 0 aromatic heterocycles. The highest BCUT2D eigenvalue weighted by atomic mass is 19.1. The first kappa shape index (κ1) is 13.6. The fraction of sp³-hybridized carbons (Fsp3) is 0.250. The van der Waals surface area contributed by atoms with E-state index in [2.05, 4.69) is 5.32 Å². The average molecular weight is 259 g/mol. The summed E-state index contributed by atoms with van der Waals surface area (Å²) >= 11 is 0. The van der Waals surface area contributed by atoms with Gasteiger partial charge in [-0.25, -0.2) is 4.39 Å². The van der Waals surface area contributed by atoms with Crippen molar-refractivity contribution >= 4 is 0 Å². The van der Waals surface area contributed by atoms with Crippen molar-refractivity contribution in [1.29, 1.82) is 0 Å². The number of halogens is 1. The van der Waals surface area contributed by atoms with E-state index in [1.54, 1.807) is 26.2 Å². The van der Waals surface area contributed by atoms with Gasteiger partial charge in [-0.2, -0.15) is 0 Å². The van der Waals surface area contributed by atoms with Crippen LogP contribution in [0, 0.1) is 12.7 Å². The van der Waals surface area contributed by atoms with Crippen LogP contribution in [-0.2, 0) is 13.1 Å². The van der Waals surface area contributed by atoms with Crippen LogP contribution in [0.25, 0.3) is 0 Å². The van der Waals surface area contributed by atoms with Crippen molar-refractivity contribution < 1.29 is 9.13 Å². The van der Waals surface area contributed by atoms with E-state index in [0.29, 0.717) is 12.1 Å². The average Bonchev–Trinajstić information content (AvgIpc) is 2.43. The van der Waals surface area contributed by atoms with Gasteiger partial charge in [-0.3, -0.25) is 0 Å². The molecule has 0 heterocycles. The van der Waals surface area contributed by atoms with Crippen molar-refractivity contribution in [1.82, 2.24) is 5.32 Å². The highest BCUT2D eigenvalue weighted by Gasteiger charge is 1.99. The van der Waals surface area contributed by atoms with Crippen LogP contribution >= 0.6 is 0 Å². The molecular weight excluding hydrogens is 241 g/mol. The maximum atomic E-state index is 13.4. The smallest absolute Gasteiger partial charge is 0.126 e. The maximum Gasteiger partial charge on any atom is 0.126 e. The molecule has 100 valence electrons. The Morgan fingerprint density at radius 3 is 2.26 bits per heavy atom. The lowest BCUT2D eigenvalue weighted by atomic mass is 10.1. The molecule has 0 aliphatic rings. The van der Waals surface area contributed by atoms with Gasteiger partial charge in [-0.15, -0.1) is 0 Å². The lowest BCUT2D eigenvalue weighted by molar-refractivity contribution is 0.414. The summed E-state index contributed by atoms with van der Waals surface area (Å²) in [5, 5.41) is 3.29. The number of hydrogen-bond donors (Lipinski definition) is 1. The standard InChI is InChI=1S/C16H18FNO/c1-12-3-4-14(9-16(12)17)11-18-10-13-5-7-15(19-2)8-6-13/h3-9,18H,10-11H2,1-2H3. The second-order valence-corrected chi connectivity index (χ2v) is 4.54. The Balaban J connectivity index is 1.86. The van der Waals surface area contributed by atoms with Crippen molar-refractivity contribution in [3.8, 4) is 5.75 Å². The predicted octanol–water partition coefficient (Wildman–Crippen LogP) is 3.43. The van der Waals surface area contributed by atoms with E-state index in [0.717, 1.165) is 17.9 Å². The van der Waals surface area contributed by atoms with Gasteiger partial charge in [-0.1, -0.05) is 24.3 Å². The quantitative estimate of drug-likeness (QED) is 0.888. The van der Waals surface area contributed by atoms with E-state index in [9.17, 15) is 4.39 Å². The monoisotopic (exact) mass is 259 g/mol. The van der Waals surface area contributed by atoms with Gasteiger partial charge in [-0.05, 0) is 41.8 Å². The molecule has 2 rings (SSSR count). The minimum absolute atomic E-state index is 0.149. The summed E-state index contributed by atoms with van der Waals surface area (Å²) < 4.78 is 18.5. The van der Waals surface area contributed by atoms with E-state index in [-0.39, 0.29) is 5.82 Å². The number of nitrogens with one attached hydrogen (secondary N) is 1. The van der Waals surface area contributed by atoms with Crippen LogP contribution in [0.1, 0.15) is 16.7 Å². The molecule has 19 heavy (non-hydrogen) atoms. The van der Waals surface area contributed by atoms with Crippen LogP contribution in [0.3, 0.4) is 0 Å². The third kappa shape index (κ3) is 3.80. The van der Waals surface area contributed by atoms with Crippen molar-refractivity contribution in [3.05, 3.63) is 65.0 Å². The SMILES string of the molecule is COc1ccc(CNCc2ccc(C)c(F)c2)cc1. The Kier molecular flexibility index (Phi) is 4.53. The van der Waals surface area contributed by atoms with Crippen LogP contribution in [0.15, 0.2) is 42.5 Å². The summed E-state index contributed by atoms with van der Waals surface area (Å²) in [5.41, 5.74) is 2.81. The topological polar surface area (TPSA) is 21.3 Å². The Hall–Kier alpha value is -1.87. The normalized spacial score (nSPS) is 10.5. The van der Waals surface area contributed by atoms with Crippen molar-refractivity contribution in [3.63, 3.8) is 0 Å². The molecule has 0 radical (unpaired) electrons. The first-order chi connectivity index (χ1) is 9.19. The molecule has 0 atom stereocenters. The van der Waals surface area contributed by atoms with Crippen LogP contribution in [0.2, 0.25) is 0 Å². The number of ether oxygens (including phenoxy) is 1. The Morgan fingerprint density at radius 1 is 1.00 bits per heavy atom. The third-order valence-corrected chi connectivity index (χ3v) is 3.05. The molecule has 2 nitrogen and oxygen atoms in total. The lowest BCUT2D eigenvalue weighted by Crippen LogP contribution is -2.12. The van der Waals surface area contributed by atoms with Gasteiger partial charge in [0.1, 0.15) is 11.6 Å². The van der Waals surface area contributed by atoms with Gasteiger partial charge in [0, 0.05) is 13.1 Å². The molecule has 2 aromatic carbocycles. The number of rotatable bonds is 5.